The molecule has 2 nitrogen and oxygen atoms in total. The number of phenolic OH excluding ortho intramolecular Hbond substituents is 1. The van der Waals surface area contributed by atoms with E-state index in [2.05, 4.69) is 0 Å². The number of alkyl halides is 6. The van der Waals surface area contributed by atoms with Crippen molar-refractivity contribution >= 4 is 5.78 Å². The van der Waals surface area contributed by atoms with Crippen LogP contribution in [0.25, 0.3) is 0 Å². The second-order valence-corrected chi connectivity index (χ2v) is 7.44. The van der Waals surface area contributed by atoms with Crippen LogP contribution in [0.2, 0.25) is 0 Å². The molecule has 8 heteroatoms. The van der Waals surface area contributed by atoms with Crippen LogP contribution in [0.4, 0.5) is 26.3 Å². The highest BCUT2D eigenvalue weighted by Gasteiger charge is 2.37. The molecule has 0 amide bonds. The lowest BCUT2D eigenvalue weighted by Crippen LogP contribution is -2.14. The molecule has 0 aromatic heterocycles. The lowest BCUT2D eigenvalue weighted by Gasteiger charge is -2.18. The summed E-state index contributed by atoms with van der Waals surface area (Å²) in [6, 6.07) is 3.42. The molecule has 0 aliphatic rings. The minimum atomic E-state index is -5.04. The number of benzene rings is 2. The van der Waals surface area contributed by atoms with Gasteiger partial charge in [0.15, 0.2) is 5.78 Å². The Morgan fingerprint density at radius 1 is 0.724 bits per heavy atom. The van der Waals surface area contributed by atoms with Crippen LogP contribution < -0.4 is 0 Å². The number of hydrogen-bond acceptors (Lipinski definition) is 2. The van der Waals surface area contributed by atoms with Crippen LogP contribution in [0.1, 0.15) is 77.7 Å². The lowest BCUT2D eigenvalue weighted by atomic mass is 9.88. The zero-order chi connectivity index (χ0) is 22.3. The van der Waals surface area contributed by atoms with E-state index in [0.29, 0.717) is 23.3 Å². The summed E-state index contributed by atoms with van der Waals surface area (Å²) >= 11 is 0. The van der Waals surface area contributed by atoms with Crippen molar-refractivity contribution in [1.82, 2.24) is 0 Å². The monoisotopic (exact) mass is 418 g/mol. The number of aromatic hydroxyl groups is 1. The molecule has 2 aromatic carbocycles. The fourth-order valence-electron chi connectivity index (χ4n) is 2.94. The number of ketones is 1. The molecule has 0 radical (unpaired) electrons. The van der Waals surface area contributed by atoms with Gasteiger partial charge in [0.25, 0.3) is 0 Å². The van der Waals surface area contributed by atoms with E-state index in [1.54, 1.807) is 27.7 Å². The van der Waals surface area contributed by atoms with E-state index in [1.807, 2.05) is 0 Å². The van der Waals surface area contributed by atoms with Gasteiger partial charge in [0.1, 0.15) is 5.75 Å². The molecule has 2 rings (SSSR count). The standard InChI is InChI=1S/C21H20F6O2/c1-10(2)16-7-13(8-17(11(3)4)19(16)29)18(28)12-5-14(20(22,23)24)9-15(6-12)21(25,26)27/h5-11,29H,1-4H3. The molecule has 158 valence electrons. The number of halogens is 6. The van der Waals surface area contributed by atoms with Crippen molar-refractivity contribution in [2.75, 3.05) is 0 Å². The summed E-state index contributed by atoms with van der Waals surface area (Å²) in [5.74, 6) is -1.45. The van der Waals surface area contributed by atoms with Gasteiger partial charge in [-0.2, -0.15) is 26.3 Å². The first kappa shape index (κ1) is 22.8. The molecule has 0 saturated heterocycles. The Balaban J connectivity index is 2.71. The molecule has 0 aliphatic heterocycles. The van der Waals surface area contributed by atoms with E-state index in [1.165, 1.54) is 12.1 Å². The Morgan fingerprint density at radius 3 is 1.38 bits per heavy atom. The SMILES string of the molecule is CC(C)c1cc(C(=O)c2cc(C(F)(F)F)cc(C(F)(F)F)c2)cc(C(C)C)c1O. The number of phenols is 1. The zero-order valence-corrected chi connectivity index (χ0v) is 16.2. The Hall–Kier alpha value is -2.51. The van der Waals surface area contributed by atoms with E-state index in [-0.39, 0.29) is 29.2 Å². The van der Waals surface area contributed by atoms with Crippen LogP contribution in [0, 0.1) is 0 Å². The predicted octanol–water partition coefficient (Wildman–Crippen LogP) is 6.91. The molecule has 1 N–H and O–H groups in total. The smallest absolute Gasteiger partial charge is 0.416 e. The first-order valence-corrected chi connectivity index (χ1v) is 8.84. The maximum absolute atomic E-state index is 13.1. The van der Waals surface area contributed by atoms with E-state index in [4.69, 9.17) is 0 Å². The van der Waals surface area contributed by atoms with Crippen LogP contribution in [-0.2, 0) is 12.4 Å². The summed E-state index contributed by atoms with van der Waals surface area (Å²) < 4.78 is 78.5. The second kappa shape index (κ2) is 7.72. The third kappa shape index (κ3) is 4.92. The molecule has 0 heterocycles. The fraction of sp³-hybridized carbons (Fsp3) is 0.381. The molecule has 0 atom stereocenters. The van der Waals surface area contributed by atoms with Crippen LogP contribution in [-0.4, -0.2) is 10.9 Å². The van der Waals surface area contributed by atoms with E-state index < -0.39 is 34.8 Å². The zero-order valence-electron chi connectivity index (χ0n) is 16.2. The Kier molecular flexibility index (Phi) is 6.07. The fourth-order valence-corrected chi connectivity index (χ4v) is 2.94. The van der Waals surface area contributed by atoms with Crippen LogP contribution >= 0.6 is 0 Å². The third-order valence-electron chi connectivity index (χ3n) is 4.52. The highest BCUT2D eigenvalue weighted by atomic mass is 19.4. The molecular weight excluding hydrogens is 398 g/mol. The molecule has 0 bridgehead atoms. The Morgan fingerprint density at radius 2 is 1.07 bits per heavy atom. The van der Waals surface area contributed by atoms with Gasteiger partial charge in [-0.25, -0.2) is 0 Å². The quantitative estimate of drug-likeness (QED) is 0.433. The van der Waals surface area contributed by atoms with E-state index in [0.717, 1.165) is 0 Å². The minimum Gasteiger partial charge on any atom is -0.507 e. The summed E-state index contributed by atoms with van der Waals surface area (Å²) in [6.07, 6.45) is -10.1. The van der Waals surface area contributed by atoms with Crippen molar-refractivity contribution in [2.24, 2.45) is 0 Å². The van der Waals surface area contributed by atoms with Crippen molar-refractivity contribution in [3.8, 4) is 5.75 Å². The van der Waals surface area contributed by atoms with Gasteiger partial charge in [-0.1, -0.05) is 27.7 Å². The van der Waals surface area contributed by atoms with E-state index in [9.17, 15) is 36.2 Å². The highest BCUT2D eigenvalue weighted by Crippen LogP contribution is 2.38. The molecule has 0 spiro atoms. The van der Waals surface area contributed by atoms with Crippen LogP contribution in [0.15, 0.2) is 30.3 Å². The molecular formula is C21H20F6O2. The van der Waals surface area contributed by atoms with Crippen molar-refractivity contribution in [3.63, 3.8) is 0 Å². The first-order valence-electron chi connectivity index (χ1n) is 8.84. The molecule has 0 fully saturated rings. The van der Waals surface area contributed by atoms with Crippen molar-refractivity contribution < 1.29 is 36.2 Å². The van der Waals surface area contributed by atoms with Crippen molar-refractivity contribution in [3.05, 3.63) is 63.7 Å². The van der Waals surface area contributed by atoms with E-state index >= 15 is 0 Å². The van der Waals surface area contributed by atoms with Gasteiger partial charge < -0.3 is 5.11 Å². The topological polar surface area (TPSA) is 37.3 Å². The molecule has 29 heavy (non-hydrogen) atoms. The van der Waals surface area contributed by atoms with Gasteiger partial charge in [0.05, 0.1) is 11.1 Å². The number of carbonyl (C=O) groups excluding carboxylic acids is 1. The molecule has 0 aliphatic carbocycles. The van der Waals surface area contributed by atoms with Gasteiger partial charge >= 0.3 is 12.4 Å². The molecule has 2 aromatic rings. The second-order valence-electron chi connectivity index (χ2n) is 7.44. The van der Waals surface area contributed by atoms with Gasteiger partial charge in [0.2, 0.25) is 0 Å². The number of rotatable bonds is 4. The molecule has 0 unspecified atom stereocenters. The van der Waals surface area contributed by atoms with Crippen LogP contribution in [0.5, 0.6) is 5.75 Å². The van der Waals surface area contributed by atoms with Gasteiger partial charge in [-0.3, -0.25) is 4.79 Å². The summed E-state index contributed by atoms with van der Waals surface area (Å²) in [7, 11) is 0. The van der Waals surface area contributed by atoms with Crippen molar-refractivity contribution in [1.29, 1.82) is 0 Å². The maximum atomic E-state index is 13.1. The predicted molar refractivity (Wildman–Crippen MR) is 96.2 cm³/mol. The molecule has 0 saturated carbocycles. The van der Waals surface area contributed by atoms with Gasteiger partial charge in [0, 0.05) is 11.1 Å². The third-order valence-corrected chi connectivity index (χ3v) is 4.52. The number of hydrogen-bond donors (Lipinski definition) is 1. The Bertz CT molecular complexity index is 862. The summed E-state index contributed by atoms with van der Waals surface area (Å²) in [4.78, 5) is 12.8. The largest absolute Gasteiger partial charge is 0.507 e. The van der Waals surface area contributed by atoms with Gasteiger partial charge in [-0.15, -0.1) is 0 Å². The summed E-state index contributed by atoms with van der Waals surface area (Å²) in [6.45, 7) is 7.00. The summed E-state index contributed by atoms with van der Waals surface area (Å²) in [5.41, 5.74) is -3.12. The number of carbonyl (C=O) groups is 1. The average Bonchev–Trinajstić information content (AvgIpc) is 2.58. The van der Waals surface area contributed by atoms with Crippen molar-refractivity contribution in [2.45, 2.75) is 51.9 Å². The highest BCUT2D eigenvalue weighted by molar-refractivity contribution is 6.09. The lowest BCUT2D eigenvalue weighted by molar-refractivity contribution is -0.143. The summed E-state index contributed by atoms with van der Waals surface area (Å²) in [5, 5.41) is 10.4. The van der Waals surface area contributed by atoms with Gasteiger partial charge in [-0.05, 0) is 53.3 Å². The normalized spacial score (nSPS) is 12.7. The Labute approximate surface area is 164 Å². The average molecular weight is 418 g/mol. The maximum Gasteiger partial charge on any atom is 0.416 e. The first-order chi connectivity index (χ1) is 13.1. The van der Waals surface area contributed by atoms with Crippen LogP contribution in [0.3, 0.4) is 0 Å². The minimum absolute atomic E-state index is 0.0211.